The lowest BCUT2D eigenvalue weighted by Crippen LogP contribution is -2.37. The molecule has 0 atom stereocenters. The van der Waals surface area contributed by atoms with E-state index in [1.165, 1.54) is 18.5 Å². The van der Waals surface area contributed by atoms with Crippen LogP contribution in [-0.4, -0.2) is 19.7 Å². The van der Waals surface area contributed by atoms with Crippen molar-refractivity contribution in [3.63, 3.8) is 0 Å². The molecule has 0 aliphatic carbocycles. The van der Waals surface area contributed by atoms with Crippen LogP contribution >= 0.6 is 0 Å². The van der Waals surface area contributed by atoms with Gasteiger partial charge in [0, 0.05) is 36.6 Å². The Morgan fingerprint density at radius 3 is 2.50 bits per heavy atom. The van der Waals surface area contributed by atoms with Gasteiger partial charge < -0.3 is 15.4 Å². The highest BCUT2D eigenvalue weighted by atomic mass is 16.5. The van der Waals surface area contributed by atoms with Gasteiger partial charge in [-0.2, -0.15) is 0 Å². The average molecular weight is 248 g/mol. The number of hydrogen-bond acceptors (Lipinski definition) is 3. The molecule has 3 heteroatoms. The van der Waals surface area contributed by atoms with E-state index >= 15 is 0 Å². The first-order valence-electron chi connectivity index (χ1n) is 6.78. The lowest BCUT2D eigenvalue weighted by atomic mass is 9.82. The van der Waals surface area contributed by atoms with E-state index in [-0.39, 0.29) is 0 Å². The molecular formula is C15H24N2O. The molecule has 0 aromatic heterocycles. The summed E-state index contributed by atoms with van der Waals surface area (Å²) in [5.74, 6) is 0.873. The van der Waals surface area contributed by atoms with Gasteiger partial charge in [0.05, 0.1) is 6.61 Å². The third kappa shape index (κ3) is 3.09. The molecule has 1 aromatic carbocycles. The quantitative estimate of drug-likeness (QED) is 0.834. The Labute approximate surface area is 110 Å². The van der Waals surface area contributed by atoms with Crippen LogP contribution in [0.4, 0.5) is 11.4 Å². The van der Waals surface area contributed by atoms with Crippen molar-refractivity contribution in [1.82, 2.24) is 0 Å². The van der Waals surface area contributed by atoms with Crippen LogP contribution in [0.1, 0.15) is 33.6 Å². The maximum absolute atomic E-state index is 5.94. The standard InChI is InChI=1S/C15H24N2O/c1-4-18-14-10-12(16)9-13(11-14)17-7-5-15(2,3)6-8-17/h9-11H,4-8,16H2,1-3H3. The van der Waals surface area contributed by atoms with Crippen molar-refractivity contribution in [2.75, 3.05) is 30.3 Å². The molecule has 3 nitrogen and oxygen atoms in total. The van der Waals surface area contributed by atoms with Gasteiger partial charge in [0.25, 0.3) is 0 Å². The number of rotatable bonds is 3. The van der Waals surface area contributed by atoms with Crippen LogP contribution in [0.3, 0.4) is 0 Å². The van der Waals surface area contributed by atoms with E-state index in [0.717, 1.165) is 24.5 Å². The normalized spacial score (nSPS) is 18.7. The third-order valence-electron chi connectivity index (χ3n) is 3.71. The van der Waals surface area contributed by atoms with Crippen molar-refractivity contribution in [2.45, 2.75) is 33.6 Å². The number of ether oxygens (including phenoxy) is 1. The fourth-order valence-corrected chi connectivity index (χ4v) is 2.41. The van der Waals surface area contributed by atoms with E-state index in [2.05, 4.69) is 24.8 Å². The Balaban J connectivity index is 2.13. The topological polar surface area (TPSA) is 38.5 Å². The van der Waals surface area contributed by atoms with Crippen LogP contribution in [0.5, 0.6) is 5.75 Å². The average Bonchev–Trinajstić information content (AvgIpc) is 2.28. The highest BCUT2D eigenvalue weighted by Gasteiger charge is 2.25. The minimum Gasteiger partial charge on any atom is -0.494 e. The van der Waals surface area contributed by atoms with Gasteiger partial charge in [-0.1, -0.05) is 13.8 Å². The molecule has 1 fully saturated rings. The number of benzene rings is 1. The molecule has 0 saturated carbocycles. The van der Waals surface area contributed by atoms with E-state index in [4.69, 9.17) is 10.5 Å². The van der Waals surface area contributed by atoms with Crippen molar-refractivity contribution in [2.24, 2.45) is 5.41 Å². The van der Waals surface area contributed by atoms with Gasteiger partial charge in [0.15, 0.2) is 0 Å². The number of nitrogens with two attached hydrogens (primary N) is 1. The zero-order chi connectivity index (χ0) is 13.2. The van der Waals surface area contributed by atoms with Crippen LogP contribution in [-0.2, 0) is 0 Å². The molecule has 0 amide bonds. The first-order valence-corrected chi connectivity index (χ1v) is 6.78. The van der Waals surface area contributed by atoms with Crippen molar-refractivity contribution >= 4 is 11.4 Å². The molecule has 0 bridgehead atoms. The Kier molecular flexibility index (Phi) is 3.69. The maximum atomic E-state index is 5.94. The van der Waals surface area contributed by atoms with Crippen molar-refractivity contribution in [3.05, 3.63) is 18.2 Å². The van der Waals surface area contributed by atoms with Gasteiger partial charge in [-0.15, -0.1) is 0 Å². The maximum Gasteiger partial charge on any atom is 0.123 e. The first-order chi connectivity index (χ1) is 8.50. The molecule has 2 N–H and O–H groups in total. The molecule has 0 radical (unpaired) electrons. The number of nitrogen functional groups attached to an aromatic ring is 1. The summed E-state index contributed by atoms with van der Waals surface area (Å²) in [6.07, 6.45) is 2.46. The lowest BCUT2D eigenvalue weighted by molar-refractivity contribution is 0.279. The first kappa shape index (κ1) is 13.1. The molecule has 1 aromatic rings. The second-order valence-electron chi connectivity index (χ2n) is 5.84. The summed E-state index contributed by atoms with van der Waals surface area (Å²) in [5, 5.41) is 0. The molecule has 0 unspecified atom stereocenters. The van der Waals surface area contributed by atoms with E-state index in [1.807, 2.05) is 19.1 Å². The lowest BCUT2D eigenvalue weighted by Gasteiger charge is -2.38. The number of piperidine rings is 1. The van der Waals surface area contributed by atoms with Crippen molar-refractivity contribution in [1.29, 1.82) is 0 Å². The van der Waals surface area contributed by atoms with Crippen molar-refractivity contribution < 1.29 is 4.74 Å². The summed E-state index contributed by atoms with van der Waals surface area (Å²) in [6, 6.07) is 6.03. The minimum atomic E-state index is 0.472. The molecule has 1 aliphatic rings. The summed E-state index contributed by atoms with van der Waals surface area (Å²) < 4.78 is 5.55. The van der Waals surface area contributed by atoms with Crippen LogP contribution in [0.2, 0.25) is 0 Å². The second-order valence-corrected chi connectivity index (χ2v) is 5.84. The van der Waals surface area contributed by atoms with Gasteiger partial charge in [-0.25, -0.2) is 0 Å². The smallest absolute Gasteiger partial charge is 0.123 e. The fourth-order valence-electron chi connectivity index (χ4n) is 2.41. The van der Waals surface area contributed by atoms with Gasteiger partial charge in [-0.05, 0) is 31.2 Å². The van der Waals surface area contributed by atoms with E-state index < -0.39 is 0 Å². The second kappa shape index (κ2) is 5.09. The molecule has 1 aliphatic heterocycles. The third-order valence-corrected chi connectivity index (χ3v) is 3.71. The van der Waals surface area contributed by atoms with E-state index in [1.54, 1.807) is 0 Å². The molecular weight excluding hydrogens is 224 g/mol. The van der Waals surface area contributed by atoms with Crippen LogP contribution in [0.25, 0.3) is 0 Å². The molecule has 100 valence electrons. The predicted octanol–water partition coefficient (Wildman–Crippen LogP) is 3.29. The molecule has 2 rings (SSSR count). The summed E-state index contributed by atoms with van der Waals surface area (Å²) in [4.78, 5) is 2.41. The largest absolute Gasteiger partial charge is 0.494 e. The Hall–Kier alpha value is -1.38. The van der Waals surface area contributed by atoms with Gasteiger partial charge >= 0.3 is 0 Å². The summed E-state index contributed by atoms with van der Waals surface area (Å²) in [5.41, 5.74) is 8.38. The van der Waals surface area contributed by atoms with Crippen LogP contribution in [0, 0.1) is 5.41 Å². The van der Waals surface area contributed by atoms with Gasteiger partial charge in [0.1, 0.15) is 5.75 Å². The summed E-state index contributed by atoms with van der Waals surface area (Å²) >= 11 is 0. The number of anilines is 2. The summed E-state index contributed by atoms with van der Waals surface area (Å²) in [6.45, 7) is 9.55. The predicted molar refractivity (Wildman–Crippen MR) is 77.3 cm³/mol. The van der Waals surface area contributed by atoms with Gasteiger partial charge in [-0.3, -0.25) is 0 Å². The molecule has 0 spiro atoms. The van der Waals surface area contributed by atoms with Crippen molar-refractivity contribution in [3.8, 4) is 5.75 Å². The Bertz CT molecular complexity index is 405. The van der Waals surface area contributed by atoms with Crippen LogP contribution in [0.15, 0.2) is 18.2 Å². The zero-order valence-corrected chi connectivity index (χ0v) is 11.7. The minimum absolute atomic E-state index is 0.472. The van der Waals surface area contributed by atoms with E-state index in [0.29, 0.717) is 12.0 Å². The monoisotopic (exact) mass is 248 g/mol. The number of hydrogen-bond donors (Lipinski definition) is 1. The summed E-state index contributed by atoms with van der Waals surface area (Å²) in [7, 11) is 0. The molecule has 18 heavy (non-hydrogen) atoms. The number of nitrogens with zero attached hydrogens (tertiary/aromatic N) is 1. The van der Waals surface area contributed by atoms with Gasteiger partial charge in [0.2, 0.25) is 0 Å². The highest BCUT2D eigenvalue weighted by molar-refractivity contribution is 5.60. The Morgan fingerprint density at radius 1 is 1.22 bits per heavy atom. The zero-order valence-electron chi connectivity index (χ0n) is 11.7. The van der Waals surface area contributed by atoms with Crippen LogP contribution < -0.4 is 15.4 Å². The molecule has 1 saturated heterocycles. The Morgan fingerprint density at radius 2 is 1.89 bits per heavy atom. The van der Waals surface area contributed by atoms with E-state index in [9.17, 15) is 0 Å². The fraction of sp³-hybridized carbons (Fsp3) is 0.600. The SMILES string of the molecule is CCOc1cc(N)cc(N2CCC(C)(C)CC2)c1. The highest BCUT2D eigenvalue weighted by Crippen LogP contribution is 2.34. The molecule has 1 heterocycles.